The number of anilines is 2. The number of aliphatic hydroxyl groups is 1. The second kappa shape index (κ2) is 11.1. The molecule has 10 heteroatoms. The highest BCUT2D eigenvalue weighted by atomic mass is 16.5. The molecular weight excluding hydrogens is 514 g/mol. The molecule has 0 saturated carbocycles. The zero-order chi connectivity index (χ0) is 28.6. The molecule has 10 nitrogen and oxygen atoms in total. The van der Waals surface area contributed by atoms with Gasteiger partial charge in [0.1, 0.15) is 23.1 Å². The van der Waals surface area contributed by atoms with Crippen molar-refractivity contribution in [2.24, 2.45) is 17.8 Å². The molecule has 3 aliphatic rings. The molecule has 5 rings (SSSR count). The standard InChI is InChI=1S/C30H37N3O7/c1-5-39-21-12-8-18(9-13-21)31-27(35)24-23-14-15-30(40-23)25(24)29(37)33(22(16-34)17(2)3)26(30)28(36)32-19-6-10-20(38-4)11-7-19/h6-13,17,22-26,34H,5,14-16H2,1-4H3,(H,31,35)(H,32,36)/t22-,23+,24-,25-,26?,30?/m0/s1. The first-order valence-corrected chi connectivity index (χ1v) is 13.8. The van der Waals surface area contributed by atoms with Crippen LogP contribution in [0.2, 0.25) is 0 Å². The average Bonchev–Trinajstić information content (AvgIpc) is 3.58. The third-order valence-electron chi connectivity index (χ3n) is 8.39. The Kier molecular flexibility index (Phi) is 7.74. The number of benzene rings is 2. The van der Waals surface area contributed by atoms with Crippen LogP contribution in [0, 0.1) is 17.8 Å². The third kappa shape index (κ3) is 4.69. The first-order chi connectivity index (χ1) is 19.2. The number of hydrogen-bond acceptors (Lipinski definition) is 7. The SMILES string of the molecule is CCOc1ccc(NC(=O)[C@@H]2[C@H]3C(=O)N([C@@H](CO)C(C)C)C(C(=O)Nc4ccc(OC)cc4)C34CC[C@H]2O4)cc1. The van der Waals surface area contributed by atoms with Crippen LogP contribution in [0.15, 0.2) is 48.5 Å². The zero-order valence-corrected chi connectivity index (χ0v) is 23.3. The van der Waals surface area contributed by atoms with Crippen molar-refractivity contribution in [3.05, 3.63) is 48.5 Å². The summed E-state index contributed by atoms with van der Waals surface area (Å²) < 4.78 is 17.2. The van der Waals surface area contributed by atoms with Crippen LogP contribution in [0.1, 0.15) is 33.6 Å². The van der Waals surface area contributed by atoms with E-state index in [4.69, 9.17) is 14.2 Å². The van der Waals surface area contributed by atoms with E-state index in [1.54, 1.807) is 55.6 Å². The summed E-state index contributed by atoms with van der Waals surface area (Å²) in [5.41, 5.74) is -0.0428. The van der Waals surface area contributed by atoms with Crippen LogP contribution in [-0.4, -0.2) is 71.8 Å². The number of ether oxygens (including phenoxy) is 3. The molecule has 3 N–H and O–H groups in total. The molecule has 6 atom stereocenters. The van der Waals surface area contributed by atoms with Crippen LogP contribution in [-0.2, 0) is 19.1 Å². The molecule has 214 valence electrons. The molecule has 2 aromatic carbocycles. The summed E-state index contributed by atoms with van der Waals surface area (Å²) in [4.78, 5) is 43.2. The van der Waals surface area contributed by atoms with Gasteiger partial charge in [-0.25, -0.2) is 0 Å². The lowest BCUT2D eigenvalue weighted by molar-refractivity contribution is -0.144. The molecule has 3 aliphatic heterocycles. The summed E-state index contributed by atoms with van der Waals surface area (Å²) in [5.74, 6) is -1.46. The molecule has 2 aromatic rings. The van der Waals surface area contributed by atoms with Crippen molar-refractivity contribution in [3.63, 3.8) is 0 Å². The number of methoxy groups -OCH3 is 1. The number of carbonyl (C=O) groups is 3. The lowest BCUT2D eigenvalue weighted by Gasteiger charge is -2.38. The van der Waals surface area contributed by atoms with Gasteiger partial charge in [0.15, 0.2) is 0 Å². The van der Waals surface area contributed by atoms with E-state index in [0.29, 0.717) is 42.3 Å². The highest BCUT2D eigenvalue weighted by molar-refractivity contribution is 6.05. The fraction of sp³-hybridized carbons (Fsp3) is 0.500. The Morgan fingerprint density at radius 2 is 1.65 bits per heavy atom. The average molecular weight is 552 g/mol. The maximum Gasteiger partial charge on any atom is 0.250 e. The second-order valence-electron chi connectivity index (χ2n) is 11.0. The summed E-state index contributed by atoms with van der Waals surface area (Å²) in [6.45, 7) is 5.91. The minimum Gasteiger partial charge on any atom is -0.497 e. The van der Waals surface area contributed by atoms with Gasteiger partial charge < -0.3 is 34.9 Å². The Morgan fingerprint density at radius 3 is 2.20 bits per heavy atom. The number of amides is 3. The highest BCUT2D eigenvalue weighted by Gasteiger charge is 2.75. The number of hydrogen-bond donors (Lipinski definition) is 3. The van der Waals surface area contributed by atoms with E-state index in [-0.39, 0.29) is 24.3 Å². The Hall–Kier alpha value is -3.63. The summed E-state index contributed by atoms with van der Waals surface area (Å²) in [5, 5.41) is 16.2. The first-order valence-electron chi connectivity index (χ1n) is 13.8. The minimum atomic E-state index is -1.17. The van der Waals surface area contributed by atoms with Crippen molar-refractivity contribution in [1.29, 1.82) is 0 Å². The van der Waals surface area contributed by atoms with Crippen molar-refractivity contribution in [2.75, 3.05) is 31.0 Å². The van der Waals surface area contributed by atoms with Gasteiger partial charge >= 0.3 is 0 Å². The molecule has 3 amide bonds. The van der Waals surface area contributed by atoms with Crippen molar-refractivity contribution in [1.82, 2.24) is 4.90 Å². The molecular formula is C30H37N3O7. The number of rotatable bonds is 10. The van der Waals surface area contributed by atoms with Crippen LogP contribution in [0.25, 0.3) is 0 Å². The van der Waals surface area contributed by atoms with E-state index in [2.05, 4.69) is 10.6 Å². The summed E-state index contributed by atoms with van der Waals surface area (Å²) in [7, 11) is 1.56. The maximum atomic E-state index is 14.2. The second-order valence-corrected chi connectivity index (χ2v) is 11.0. The van der Waals surface area contributed by atoms with Gasteiger partial charge in [0, 0.05) is 11.4 Å². The quantitative estimate of drug-likeness (QED) is 0.414. The van der Waals surface area contributed by atoms with Crippen LogP contribution < -0.4 is 20.1 Å². The van der Waals surface area contributed by atoms with Gasteiger partial charge in [0.05, 0.1) is 44.3 Å². The molecule has 1 spiro atoms. The topological polar surface area (TPSA) is 126 Å². The first kappa shape index (κ1) is 27.9. The molecule has 3 fully saturated rings. The van der Waals surface area contributed by atoms with Crippen molar-refractivity contribution < 1.29 is 33.7 Å². The number of aliphatic hydroxyl groups excluding tert-OH is 1. The van der Waals surface area contributed by atoms with Crippen molar-refractivity contribution in [2.45, 2.75) is 57.4 Å². The molecule has 2 unspecified atom stereocenters. The molecule has 2 bridgehead atoms. The molecule has 40 heavy (non-hydrogen) atoms. The number of nitrogens with zero attached hydrogens (tertiary/aromatic N) is 1. The summed E-state index contributed by atoms with van der Waals surface area (Å²) >= 11 is 0. The van der Waals surface area contributed by atoms with Crippen LogP contribution >= 0.6 is 0 Å². The molecule has 0 radical (unpaired) electrons. The molecule has 0 aliphatic carbocycles. The van der Waals surface area contributed by atoms with E-state index in [0.717, 1.165) is 0 Å². The Morgan fingerprint density at radius 1 is 1.05 bits per heavy atom. The van der Waals surface area contributed by atoms with Crippen LogP contribution in [0.3, 0.4) is 0 Å². The largest absolute Gasteiger partial charge is 0.497 e. The number of carbonyl (C=O) groups excluding carboxylic acids is 3. The zero-order valence-electron chi connectivity index (χ0n) is 23.3. The minimum absolute atomic E-state index is 0.131. The van der Waals surface area contributed by atoms with Gasteiger partial charge in [-0.05, 0) is 74.2 Å². The van der Waals surface area contributed by atoms with Gasteiger partial charge in [-0.15, -0.1) is 0 Å². The number of likely N-dealkylation sites (tertiary alicyclic amines) is 1. The third-order valence-corrected chi connectivity index (χ3v) is 8.39. The van der Waals surface area contributed by atoms with Gasteiger partial charge in [0.25, 0.3) is 0 Å². The lowest BCUT2D eigenvalue weighted by Crippen LogP contribution is -2.57. The van der Waals surface area contributed by atoms with Gasteiger partial charge in [-0.2, -0.15) is 0 Å². The predicted octanol–water partition coefficient (Wildman–Crippen LogP) is 3.06. The van der Waals surface area contributed by atoms with Crippen LogP contribution in [0.5, 0.6) is 11.5 Å². The van der Waals surface area contributed by atoms with Crippen LogP contribution in [0.4, 0.5) is 11.4 Å². The normalized spacial score (nSPS) is 27.4. The van der Waals surface area contributed by atoms with E-state index in [9.17, 15) is 19.5 Å². The molecule has 0 aromatic heterocycles. The van der Waals surface area contributed by atoms with Gasteiger partial charge in [-0.1, -0.05) is 13.8 Å². The molecule has 3 saturated heterocycles. The number of fused-ring (bicyclic) bond motifs is 1. The fourth-order valence-corrected chi connectivity index (χ4v) is 6.58. The summed E-state index contributed by atoms with van der Waals surface area (Å²) in [6.07, 6.45) is 0.534. The van der Waals surface area contributed by atoms with Crippen molar-refractivity contribution in [3.8, 4) is 11.5 Å². The Balaban J connectivity index is 1.45. The Bertz CT molecular complexity index is 1250. The maximum absolute atomic E-state index is 14.2. The van der Waals surface area contributed by atoms with Crippen molar-refractivity contribution >= 4 is 29.1 Å². The summed E-state index contributed by atoms with van der Waals surface area (Å²) in [6, 6.07) is 12.3. The smallest absolute Gasteiger partial charge is 0.250 e. The van der Waals surface area contributed by atoms with Gasteiger partial charge in [0.2, 0.25) is 17.7 Å². The van der Waals surface area contributed by atoms with Gasteiger partial charge in [-0.3, -0.25) is 14.4 Å². The van der Waals surface area contributed by atoms with E-state index >= 15 is 0 Å². The highest BCUT2D eigenvalue weighted by Crippen LogP contribution is 2.59. The lowest BCUT2D eigenvalue weighted by atomic mass is 9.70. The van der Waals surface area contributed by atoms with E-state index in [1.807, 2.05) is 20.8 Å². The predicted molar refractivity (Wildman–Crippen MR) is 148 cm³/mol. The monoisotopic (exact) mass is 551 g/mol. The Labute approximate surface area is 234 Å². The molecule has 3 heterocycles. The fourth-order valence-electron chi connectivity index (χ4n) is 6.58. The van der Waals surface area contributed by atoms with E-state index in [1.165, 1.54) is 4.90 Å². The number of nitrogens with one attached hydrogen (secondary N) is 2. The van der Waals surface area contributed by atoms with E-state index < -0.39 is 41.5 Å².